The zero-order valence-corrected chi connectivity index (χ0v) is 12.3. The number of ether oxygens (including phenoxy) is 1. The fourth-order valence-electron chi connectivity index (χ4n) is 2.58. The van der Waals surface area contributed by atoms with Crippen molar-refractivity contribution in [2.24, 2.45) is 0 Å². The number of carbonyl (C=O) groups is 1. The van der Waals surface area contributed by atoms with E-state index in [1.165, 1.54) is 0 Å². The molecule has 2 aromatic rings. The highest BCUT2D eigenvalue weighted by Crippen LogP contribution is 2.34. The summed E-state index contributed by atoms with van der Waals surface area (Å²) in [6.45, 7) is 5.99. The van der Waals surface area contributed by atoms with E-state index in [1.54, 1.807) is 0 Å². The number of fused-ring (bicyclic) bond motifs is 2. The van der Waals surface area contributed by atoms with Crippen LogP contribution in [0.4, 0.5) is 0 Å². The Kier molecular flexibility index (Phi) is 2.97. The number of carboxylic acids is 1. The van der Waals surface area contributed by atoms with Crippen LogP contribution in [0.2, 0.25) is 0 Å². The zero-order chi connectivity index (χ0) is 15.2. The van der Waals surface area contributed by atoms with Crippen molar-refractivity contribution in [1.29, 1.82) is 0 Å². The monoisotopic (exact) mass is 283 g/mol. The number of benzene rings is 1. The second kappa shape index (κ2) is 4.58. The highest BCUT2D eigenvalue weighted by atomic mass is 16.5. The molecule has 3 rings (SSSR count). The fourth-order valence-corrected chi connectivity index (χ4v) is 2.58. The number of aliphatic carboxylic acids is 1. The fraction of sp³-hybridized carbons (Fsp3) is 0.294. The summed E-state index contributed by atoms with van der Waals surface area (Å²) in [6, 6.07) is 5.77. The van der Waals surface area contributed by atoms with Gasteiger partial charge in [-0.15, -0.1) is 0 Å². The summed E-state index contributed by atoms with van der Waals surface area (Å²) in [4.78, 5) is 15.3. The lowest BCUT2D eigenvalue weighted by molar-refractivity contribution is -0.136. The topological polar surface area (TPSA) is 59.4 Å². The highest BCUT2D eigenvalue weighted by Gasteiger charge is 2.22. The van der Waals surface area contributed by atoms with Gasteiger partial charge in [-0.3, -0.25) is 9.78 Å². The summed E-state index contributed by atoms with van der Waals surface area (Å²) in [7, 11) is 0. The molecule has 2 heterocycles. The van der Waals surface area contributed by atoms with E-state index in [9.17, 15) is 4.79 Å². The second-order valence-electron chi connectivity index (χ2n) is 5.95. The highest BCUT2D eigenvalue weighted by molar-refractivity contribution is 5.88. The van der Waals surface area contributed by atoms with Crippen LogP contribution in [0.3, 0.4) is 0 Å². The van der Waals surface area contributed by atoms with Crippen LogP contribution < -0.4 is 4.74 Å². The molecule has 0 fully saturated rings. The van der Waals surface area contributed by atoms with Crippen molar-refractivity contribution in [3.8, 4) is 5.75 Å². The summed E-state index contributed by atoms with van der Waals surface area (Å²) >= 11 is 0. The third-order valence-corrected chi connectivity index (χ3v) is 3.57. The molecule has 21 heavy (non-hydrogen) atoms. The zero-order valence-electron chi connectivity index (χ0n) is 12.3. The molecule has 0 spiro atoms. The number of rotatable bonds is 2. The lowest BCUT2D eigenvalue weighted by Crippen LogP contribution is -2.27. The Hall–Kier alpha value is -2.36. The van der Waals surface area contributed by atoms with E-state index >= 15 is 0 Å². The second-order valence-corrected chi connectivity index (χ2v) is 5.95. The average molecular weight is 283 g/mol. The van der Waals surface area contributed by atoms with Gasteiger partial charge in [0.1, 0.15) is 11.4 Å². The van der Waals surface area contributed by atoms with Gasteiger partial charge in [0, 0.05) is 10.9 Å². The molecule has 1 aromatic heterocycles. The van der Waals surface area contributed by atoms with Crippen molar-refractivity contribution in [3.05, 3.63) is 41.1 Å². The summed E-state index contributed by atoms with van der Waals surface area (Å²) in [5.41, 5.74) is 3.05. The molecule has 108 valence electrons. The van der Waals surface area contributed by atoms with Gasteiger partial charge in [0.2, 0.25) is 0 Å². The van der Waals surface area contributed by atoms with Gasteiger partial charge in [0.25, 0.3) is 0 Å². The first-order valence-corrected chi connectivity index (χ1v) is 6.88. The Morgan fingerprint density at radius 1 is 1.33 bits per heavy atom. The molecular weight excluding hydrogens is 266 g/mol. The van der Waals surface area contributed by atoms with Crippen LogP contribution in [0, 0.1) is 6.92 Å². The first-order chi connectivity index (χ1) is 9.84. The van der Waals surface area contributed by atoms with Crippen molar-refractivity contribution in [2.75, 3.05) is 0 Å². The molecule has 1 N–H and O–H groups in total. The van der Waals surface area contributed by atoms with Gasteiger partial charge in [0.15, 0.2) is 0 Å². The van der Waals surface area contributed by atoms with Gasteiger partial charge in [-0.1, -0.05) is 6.08 Å². The van der Waals surface area contributed by atoms with Crippen molar-refractivity contribution in [3.63, 3.8) is 0 Å². The van der Waals surface area contributed by atoms with E-state index in [2.05, 4.69) is 4.98 Å². The van der Waals surface area contributed by atoms with E-state index in [1.807, 2.05) is 51.1 Å². The minimum atomic E-state index is -0.871. The smallest absolute Gasteiger partial charge is 0.309 e. The molecule has 0 radical (unpaired) electrons. The standard InChI is InChI=1S/C17H17NO3/c1-10-6-12(8-16(19)20)18-14-7-11-4-5-17(2,3)21-15(11)9-13(10)14/h4-7,9H,8H2,1-3H3,(H,19,20). The third kappa shape index (κ3) is 2.61. The number of nitrogens with zero attached hydrogens (tertiary/aromatic N) is 1. The lowest BCUT2D eigenvalue weighted by atomic mass is 9.99. The molecule has 1 aliphatic heterocycles. The predicted octanol–water partition coefficient (Wildman–Crippen LogP) is 3.35. The van der Waals surface area contributed by atoms with Gasteiger partial charge < -0.3 is 9.84 Å². The van der Waals surface area contributed by atoms with Crippen LogP contribution in [0.1, 0.15) is 30.7 Å². The molecule has 0 amide bonds. The normalized spacial score (nSPS) is 15.6. The largest absolute Gasteiger partial charge is 0.483 e. The molecular formula is C17H17NO3. The number of hydrogen-bond donors (Lipinski definition) is 1. The molecule has 0 bridgehead atoms. The molecule has 4 nitrogen and oxygen atoms in total. The molecule has 0 aliphatic carbocycles. The number of carboxylic acid groups (broad SMARTS) is 1. The SMILES string of the molecule is Cc1cc(CC(=O)O)nc2cc3c(cc12)OC(C)(C)C=C3. The van der Waals surface area contributed by atoms with E-state index in [0.29, 0.717) is 5.69 Å². The van der Waals surface area contributed by atoms with Crippen LogP contribution in [0.15, 0.2) is 24.3 Å². The molecule has 0 saturated heterocycles. The van der Waals surface area contributed by atoms with Crippen molar-refractivity contribution in [2.45, 2.75) is 32.8 Å². The molecule has 0 saturated carbocycles. The molecule has 1 aromatic carbocycles. The molecule has 0 unspecified atom stereocenters. The van der Waals surface area contributed by atoms with Crippen molar-refractivity contribution < 1.29 is 14.6 Å². The minimum Gasteiger partial charge on any atom is -0.483 e. The number of aryl methyl sites for hydroxylation is 1. The Morgan fingerprint density at radius 3 is 2.81 bits per heavy atom. The number of aromatic nitrogens is 1. The number of pyridine rings is 1. The molecule has 0 atom stereocenters. The third-order valence-electron chi connectivity index (χ3n) is 3.57. The average Bonchev–Trinajstić information content (AvgIpc) is 2.35. The molecule has 4 heteroatoms. The minimum absolute atomic E-state index is 0.0623. The van der Waals surface area contributed by atoms with Crippen LogP contribution in [-0.2, 0) is 11.2 Å². The van der Waals surface area contributed by atoms with Gasteiger partial charge in [-0.25, -0.2) is 0 Å². The summed E-state index contributed by atoms with van der Waals surface area (Å²) in [6.07, 6.45) is 3.97. The van der Waals surface area contributed by atoms with E-state index in [4.69, 9.17) is 9.84 Å². The maximum atomic E-state index is 10.8. The Morgan fingerprint density at radius 2 is 2.10 bits per heavy atom. The Labute approximate surface area is 123 Å². The quantitative estimate of drug-likeness (QED) is 0.918. The van der Waals surface area contributed by atoms with E-state index in [0.717, 1.165) is 27.8 Å². The Bertz CT molecular complexity index is 775. The van der Waals surface area contributed by atoms with Gasteiger partial charge >= 0.3 is 5.97 Å². The maximum Gasteiger partial charge on any atom is 0.309 e. The van der Waals surface area contributed by atoms with Gasteiger partial charge in [-0.2, -0.15) is 0 Å². The van der Waals surface area contributed by atoms with Crippen molar-refractivity contribution in [1.82, 2.24) is 4.98 Å². The summed E-state index contributed by atoms with van der Waals surface area (Å²) in [5.74, 6) is -0.0323. The van der Waals surface area contributed by atoms with Crippen LogP contribution in [0.25, 0.3) is 17.0 Å². The van der Waals surface area contributed by atoms with Gasteiger partial charge in [0.05, 0.1) is 17.6 Å². The first kappa shape index (κ1) is 13.6. The lowest BCUT2D eigenvalue weighted by Gasteiger charge is -2.28. The van der Waals surface area contributed by atoms with E-state index in [-0.39, 0.29) is 12.0 Å². The maximum absolute atomic E-state index is 10.8. The summed E-state index contributed by atoms with van der Waals surface area (Å²) < 4.78 is 5.97. The van der Waals surface area contributed by atoms with Crippen molar-refractivity contribution >= 4 is 22.9 Å². The van der Waals surface area contributed by atoms with E-state index < -0.39 is 5.97 Å². The summed E-state index contributed by atoms with van der Waals surface area (Å²) in [5, 5.41) is 9.90. The van der Waals surface area contributed by atoms with Crippen LogP contribution in [-0.4, -0.2) is 21.7 Å². The van der Waals surface area contributed by atoms with Crippen LogP contribution in [0.5, 0.6) is 5.75 Å². The Balaban J connectivity index is 2.16. The predicted molar refractivity (Wildman–Crippen MR) is 81.6 cm³/mol. The van der Waals surface area contributed by atoms with Crippen LogP contribution >= 0.6 is 0 Å². The first-order valence-electron chi connectivity index (χ1n) is 6.88. The number of hydrogen-bond acceptors (Lipinski definition) is 3. The van der Waals surface area contributed by atoms with Gasteiger partial charge in [-0.05, 0) is 50.6 Å². The molecule has 1 aliphatic rings.